The van der Waals surface area contributed by atoms with E-state index in [1.54, 1.807) is 6.08 Å². The minimum atomic E-state index is -0.255. The molecule has 3 rings (SSSR count). The van der Waals surface area contributed by atoms with Crippen LogP contribution in [0.15, 0.2) is 54.1 Å². The first-order chi connectivity index (χ1) is 12.0. The maximum Gasteiger partial charge on any atom is 0.205 e. The van der Waals surface area contributed by atoms with Gasteiger partial charge in [0.25, 0.3) is 0 Å². The summed E-state index contributed by atoms with van der Waals surface area (Å²) < 4.78 is 0. The van der Waals surface area contributed by atoms with E-state index in [2.05, 4.69) is 11.1 Å². The molecule has 0 unspecified atom stereocenters. The van der Waals surface area contributed by atoms with E-state index in [1.807, 2.05) is 74.4 Å². The highest BCUT2D eigenvalue weighted by Gasteiger charge is 2.19. The molecule has 124 valence electrons. The standard InChI is InChI=1S/C21H19N3O/c1-14-20(18-6-4-5-7-19(18)23-14)21(25)16(13-22)12-15-8-10-17(11-9-15)24(2)3/h4-12,23H,1-3H3/b16-12+. The lowest BCUT2D eigenvalue weighted by atomic mass is 9.99. The van der Waals surface area contributed by atoms with Gasteiger partial charge in [0.1, 0.15) is 11.6 Å². The van der Waals surface area contributed by atoms with Crippen molar-refractivity contribution in [1.82, 2.24) is 4.98 Å². The summed E-state index contributed by atoms with van der Waals surface area (Å²) in [5.74, 6) is -0.255. The van der Waals surface area contributed by atoms with E-state index < -0.39 is 0 Å². The average molecular weight is 329 g/mol. The monoisotopic (exact) mass is 329 g/mol. The number of H-pyrrole nitrogens is 1. The minimum Gasteiger partial charge on any atom is -0.378 e. The Balaban J connectivity index is 2.01. The molecular formula is C21H19N3O. The SMILES string of the molecule is Cc1[nH]c2ccccc2c1C(=O)/C(C#N)=C/c1ccc(N(C)C)cc1. The molecule has 4 nitrogen and oxygen atoms in total. The Labute approximate surface area is 147 Å². The van der Waals surface area contributed by atoms with Gasteiger partial charge in [-0.05, 0) is 36.8 Å². The molecule has 0 amide bonds. The van der Waals surface area contributed by atoms with Crippen molar-refractivity contribution in [2.75, 3.05) is 19.0 Å². The Morgan fingerprint density at radius 2 is 1.80 bits per heavy atom. The summed E-state index contributed by atoms with van der Waals surface area (Å²) in [6, 6.07) is 17.4. The molecule has 0 aliphatic carbocycles. The first kappa shape index (κ1) is 16.5. The average Bonchev–Trinajstić information content (AvgIpc) is 2.95. The van der Waals surface area contributed by atoms with Crippen LogP contribution in [0.3, 0.4) is 0 Å². The second-order valence-corrected chi connectivity index (χ2v) is 6.16. The largest absolute Gasteiger partial charge is 0.378 e. The van der Waals surface area contributed by atoms with Crippen molar-refractivity contribution in [1.29, 1.82) is 5.26 Å². The highest BCUT2D eigenvalue weighted by molar-refractivity contribution is 6.20. The number of fused-ring (bicyclic) bond motifs is 1. The Morgan fingerprint density at radius 1 is 1.12 bits per heavy atom. The number of para-hydroxylation sites is 1. The van der Waals surface area contributed by atoms with Crippen LogP contribution in [0.25, 0.3) is 17.0 Å². The summed E-state index contributed by atoms with van der Waals surface area (Å²) >= 11 is 0. The number of benzene rings is 2. The quantitative estimate of drug-likeness (QED) is 0.440. The first-order valence-electron chi connectivity index (χ1n) is 8.02. The van der Waals surface area contributed by atoms with Gasteiger partial charge in [0.05, 0.1) is 5.56 Å². The number of Topliss-reactive ketones (excluding diaryl/α,β-unsaturated/α-hetero) is 1. The molecule has 25 heavy (non-hydrogen) atoms. The third-order valence-corrected chi connectivity index (χ3v) is 4.21. The molecule has 0 aliphatic heterocycles. The molecule has 2 aromatic carbocycles. The van der Waals surface area contributed by atoms with Gasteiger partial charge in [-0.25, -0.2) is 0 Å². The zero-order valence-electron chi connectivity index (χ0n) is 14.5. The highest BCUT2D eigenvalue weighted by Crippen LogP contribution is 2.25. The number of nitrogens with one attached hydrogen (secondary N) is 1. The van der Waals surface area contributed by atoms with Crippen molar-refractivity contribution in [3.63, 3.8) is 0 Å². The molecule has 0 atom stereocenters. The fourth-order valence-corrected chi connectivity index (χ4v) is 2.89. The lowest BCUT2D eigenvalue weighted by Crippen LogP contribution is -2.08. The van der Waals surface area contributed by atoms with Crippen LogP contribution in [0.2, 0.25) is 0 Å². The second kappa shape index (κ2) is 6.66. The van der Waals surface area contributed by atoms with Gasteiger partial charge in [-0.3, -0.25) is 4.79 Å². The number of aromatic nitrogens is 1. The second-order valence-electron chi connectivity index (χ2n) is 6.16. The van der Waals surface area contributed by atoms with Crippen LogP contribution in [0.1, 0.15) is 21.6 Å². The Morgan fingerprint density at radius 3 is 2.44 bits per heavy atom. The topological polar surface area (TPSA) is 59.9 Å². The number of rotatable bonds is 4. The van der Waals surface area contributed by atoms with Crippen LogP contribution < -0.4 is 4.90 Å². The van der Waals surface area contributed by atoms with Crippen LogP contribution in [-0.4, -0.2) is 24.9 Å². The number of carbonyl (C=O) groups is 1. The van der Waals surface area contributed by atoms with Gasteiger partial charge >= 0.3 is 0 Å². The summed E-state index contributed by atoms with van der Waals surface area (Å²) in [4.78, 5) is 18.1. The highest BCUT2D eigenvalue weighted by atomic mass is 16.1. The number of hydrogen-bond donors (Lipinski definition) is 1. The normalized spacial score (nSPS) is 11.4. The fourth-order valence-electron chi connectivity index (χ4n) is 2.89. The van der Waals surface area contributed by atoms with Crippen molar-refractivity contribution >= 4 is 28.4 Å². The maximum atomic E-state index is 12.9. The van der Waals surface area contributed by atoms with Gasteiger partial charge in [0.2, 0.25) is 5.78 Å². The summed E-state index contributed by atoms with van der Waals surface area (Å²) in [6.45, 7) is 1.86. The Hall–Kier alpha value is -3.32. The van der Waals surface area contributed by atoms with Crippen LogP contribution in [0.4, 0.5) is 5.69 Å². The molecular weight excluding hydrogens is 310 g/mol. The molecule has 0 spiro atoms. The number of aromatic amines is 1. The van der Waals surface area contributed by atoms with Crippen molar-refractivity contribution in [3.8, 4) is 6.07 Å². The van der Waals surface area contributed by atoms with Crippen molar-refractivity contribution < 1.29 is 4.79 Å². The molecule has 1 N–H and O–H groups in total. The van der Waals surface area contributed by atoms with Gasteiger partial charge in [0.15, 0.2) is 0 Å². The third-order valence-electron chi connectivity index (χ3n) is 4.21. The van der Waals surface area contributed by atoms with Crippen LogP contribution >= 0.6 is 0 Å². The lowest BCUT2D eigenvalue weighted by Gasteiger charge is -2.11. The predicted molar refractivity (Wildman–Crippen MR) is 102 cm³/mol. The van der Waals surface area contributed by atoms with E-state index in [1.165, 1.54) is 0 Å². The predicted octanol–water partition coefficient (Wildman–Crippen LogP) is 4.33. The summed E-state index contributed by atoms with van der Waals surface area (Å²) in [5.41, 5.74) is 4.26. The Kier molecular flexibility index (Phi) is 4.40. The van der Waals surface area contributed by atoms with E-state index in [4.69, 9.17) is 0 Å². The molecule has 1 heterocycles. The van der Waals surface area contributed by atoms with E-state index in [-0.39, 0.29) is 11.4 Å². The number of aryl methyl sites for hydroxylation is 1. The first-order valence-corrected chi connectivity index (χ1v) is 8.02. The van der Waals surface area contributed by atoms with E-state index in [9.17, 15) is 10.1 Å². The molecule has 0 saturated carbocycles. The number of carbonyl (C=O) groups excluding carboxylic acids is 1. The molecule has 0 fully saturated rings. The van der Waals surface area contributed by atoms with Gasteiger partial charge in [-0.1, -0.05) is 30.3 Å². The van der Waals surface area contributed by atoms with Crippen LogP contribution in [0, 0.1) is 18.3 Å². The van der Waals surface area contributed by atoms with Gasteiger partial charge in [-0.15, -0.1) is 0 Å². The number of nitriles is 1. The third kappa shape index (κ3) is 3.17. The molecule has 1 aromatic heterocycles. The number of nitrogens with zero attached hydrogens (tertiary/aromatic N) is 2. The van der Waals surface area contributed by atoms with Crippen molar-refractivity contribution in [2.45, 2.75) is 6.92 Å². The Bertz CT molecular complexity index is 1000. The van der Waals surface area contributed by atoms with E-state index in [0.717, 1.165) is 27.8 Å². The molecule has 0 aliphatic rings. The molecule has 4 heteroatoms. The molecule has 0 saturated heterocycles. The summed E-state index contributed by atoms with van der Waals surface area (Å²) in [7, 11) is 3.93. The zero-order chi connectivity index (χ0) is 18.0. The fraction of sp³-hybridized carbons (Fsp3) is 0.143. The number of allylic oxidation sites excluding steroid dienone is 1. The van der Waals surface area contributed by atoms with Gasteiger partial charge in [-0.2, -0.15) is 5.26 Å². The van der Waals surface area contributed by atoms with Crippen molar-refractivity contribution in [2.24, 2.45) is 0 Å². The number of hydrogen-bond acceptors (Lipinski definition) is 3. The van der Waals surface area contributed by atoms with Gasteiger partial charge < -0.3 is 9.88 Å². The molecule has 3 aromatic rings. The van der Waals surface area contributed by atoms with E-state index in [0.29, 0.717) is 5.56 Å². The van der Waals surface area contributed by atoms with Crippen LogP contribution in [-0.2, 0) is 0 Å². The zero-order valence-corrected chi connectivity index (χ0v) is 14.5. The lowest BCUT2D eigenvalue weighted by molar-refractivity contribution is 0.104. The van der Waals surface area contributed by atoms with E-state index >= 15 is 0 Å². The minimum absolute atomic E-state index is 0.130. The number of ketones is 1. The van der Waals surface area contributed by atoms with Crippen molar-refractivity contribution in [3.05, 3.63) is 70.9 Å². The summed E-state index contributed by atoms with van der Waals surface area (Å²) in [6.07, 6.45) is 1.64. The molecule has 0 radical (unpaired) electrons. The van der Waals surface area contributed by atoms with Gasteiger partial charge in [0, 0.05) is 36.4 Å². The van der Waals surface area contributed by atoms with Crippen LogP contribution in [0.5, 0.6) is 0 Å². The summed E-state index contributed by atoms with van der Waals surface area (Å²) in [5, 5.41) is 10.3. The smallest absolute Gasteiger partial charge is 0.205 e. The number of anilines is 1. The maximum absolute atomic E-state index is 12.9. The molecule has 0 bridgehead atoms.